The molecule has 204 valence electrons. The van der Waals surface area contributed by atoms with Gasteiger partial charge in [0.15, 0.2) is 5.60 Å². The Labute approximate surface area is 221 Å². The monoisotopic (exact) mass is 531 g/mol. The predicted molar refractivity (Wildman–Crippen MR) is 148 cm³/mol. The first-order valence-corrected chi connectivity index (χ1v) is 14.7. The summed E-state index contributed by atoms with van der Waals surface area (Å²) in [5.74, 6) is -0.440. The lowest BCUT2D eigenvalue weighted by molar-refractivity contribution is -0.132. The van der Waals surface area contributed by atoms with Gasteiger partial charge in [0.1, 0.15) is 5.75 Å². The van der Waals surface area contributed by atoms with Gasteiger partial charge in [0.05, 0.1) is 18.7 Å². The molecule has 0 heterocycles. The van der Waals surface area contributed by atoms with E-state index in [9.17, 15) is 18.0 Å². The van der Waals surface area contributed by atoms with Gasteiger partial charge < -0.3 is 15.0 Å². The molecule has 2 amide bonds. The summed E-state index contributed by atoms with van der Waals surface area (Å²) in [4.78, 5) is 27.6. The topological polar surface area (TPSA) is 105 Å². The molecule has 0 spiro atoms. The van der Waals surface area contributed by atoms with Gasteiger partial charge >= 0.3 is 0 Å². The molecule has 9 heteroatoms. The molecular formula is C28H41N3O5S. The van der Waals surface area contributed by atoms with E-state index in [1.54, 1.807) is 24.3 Å². The number of unbranched alkanes of at least 4 members (excludes halogenated alkanes) is 1. The zero-order valence-electron chi connectivity index (χ0n) is 22.8. The lowest BCUT2D eigenvalue weighted by Crippen LogP contribution is -2.48. The smallest absolute Gasteiger partial charge is 0.277 e. The van der Waals surface area contributed by atoms with Crippen molar-refractivity contribution in [3.8, 4) is 5.75 Å². The summed E-state index contributed by atoms with van der Waals surface area (Å²) in [6, 6.07) is 15.1. The van der Waals surface area contributed by atoms with Crippen LogP contribution in [0.25, 0.3) is 0 Å². The number of nitrogens with one attached hydrogen (secondary N) is 2. The van der Waals surface area contributed by atoms with E-state index in [-0.39, 0.29) is 18.4 Å². The molecule has 0 radical (unpaired) electrons. The second-order valence-corrected chi connectivity index (χ2v) is 11.4. The molecular weight excluding hydrogens is 490 g/mol. The van der Waals surface area contributed by atoms with Crippen LogP contribution in [0.15, 0.2) is 48.5 Å². The molecule has 1 unspecified atom stereocenters. The van der Waals surface area contributed by atoms with Crippen LogP contribution in [0.4, 0.5) is 5.69 Å². The van der Waals surface area contributed by atoms with E-state index in [1.807, 2.05) is 16.9 Å². The van der Waals surface area contributed by atoms with E-state index in [0.29, 0.717) is 5.75 Å². The van der Waals surface area contributed by atoms with Crippen LogP contribution in [0, 0.1) is 0 Å². The number of nitrogens with zero attached hydrogens (tertiary/aromatic N) is 1. The molecule has 0 fully saturated rings. The zero-order chi connectivity index (χ0) is 27.6. The Balaban J connectivity index is 2.11. The number of hydrogen-bond donors (Lipinski definition) is 2. The van der Waals surface area contributed by atoms with Crippen molar-refractivity contribution >= 4 is 27.5 Å². The Morgan fingerprint density at radius 2 is 1.62 bits per heavy atom. The number of carbonyl (C=O) groups is 2. The molecule has 1 atom stereocenters. The van der Waals surface area contributed by atoms with Crippen LogP contribution in [-0.4, -0.2) is 45.2 Å². The number of carbonyl (C=O) groups excluding carboxylic acids is 2. The largest absolute Gasteiger partial charge is 0.478 e. The summed E-state index contributed by atoms with van der Waals surface area (Å²) in [5.41, 5.74) is 1.69. The number of benzene rings is 2. The van der Waals surface area contributed by atoms with Crippen LogP contribution in [0.3, 0.4) is 0 Å². The lowest BCUT2D eigenvalue weighted by atomic mass is 9.98. The van der Waals surface area contributed by atoms with Gasteiger partial charge in [-0.25, -0.2) is 13.1 Å². The van der Waals surface area contributed by atoms with E-state index in [0.717, 1.165) is 55.4 Å². The van der Waals surface area contributed by atoms with Gasteiger partial charge in [-0.05, 0) is 63.4 Å². The zero-order valence-corrected chi connectivity index (χ0v) is 23.7. The fourth-order valence-electron chi connectivity index (χ4n) is 4.09. The molecule has 2 aromatic rings. The van der Waals surface area contributed by atoms with Crippen LogP contribution in [-0.2, 0) is 26.0 Å². The average Bonchev–Trinajstić information content (AvgIpc) is 2.83. The maximum absolute atomic E-state index is 13.0. The van der Waals surface area contributed by atoms with Crippen molar-refractivity contribution in [2.24, 2.45) is 0 Å². The van der Waals surface area contributed by atoms with E-state index in [4.69, 9.17) is 4.74 Å². The number of hydrogen-bond acceptors (Lipinski definition) is 6. The first-order valence-electron chi connectivity index (χ1n) is 12.8. The minimum Gasteiger partial charge on any atom is -0.478 e. The number of anilines is 1. The summed E-state index contributed by atoms with van der Waals surface area (Å²) < 4.78 is 30.4. The molecule has 8 nitrogen and oxygen atoms in total. The number of sulfonamides is 1. The van der Waals surface area contributed by atoms with Crippen LogP contribution >= 0.6 is 0 Å². The highest BCUT2D eigenvalue weighted by atomic mass is 32.2. The number of amides is 2. The fourth-order valence-corrected chi connectivity index (χ4v) is 4.67. The highest BCUT2D eigenvalue weighted by molar-refractivity contribution is 7.89. The molecule has 0 aliphatic heterocycles. The normalized spacial score (nSPS) is 12.5. The van der Waals surface area contributed by atoms with Gasteiger partial charge in [-0.3, -0.25) is 9.59 Å². The maximum Gasteiger partial charge on any atom is 0.277 e. The highest BCUT2D eigenvalue weighted by Gasteiger charge is 2.32. The van der Waals surface area contributed by atoms with Gasteiger partial charge in [-0.2, -0.15) is 0 Å². The molecule has 0 aliphatic carbocycles. The standard InChI is InChI=1S/C28H41N3O5S/c1-7-10-14-24(23-13-11-12-15-25(23)31(8-2)9-3)29-26(32)20-21-16-18-22(19-17-21)36-28(4,5)27(33)30-37(6,34)35/h11-13,15-19,24H,7-10,14,20H2,1-6H3,(H,29,32)(H,30,33). The number of rotatable bonds is 14. The van der Waals surface area contributed by atoms with E-state index in [1.165, 1.54) is 13.8 Å². The Kier molecular flexibility index (Phi) is 11.0. The third kappa shape index (κ3) is 9.39. The van der Waals surface area contributed by atoms with E-state index < -0.39 is 21.5 Å². The third-order valence-electron chi connectivity index (χ3n) is 6.08. The van der Waals surface area contributed by atoms with Crippen LogP contribution in [0.2, 0.25) is 0 Å². The molecule has 2 rings (SSSR count). The van der Waals surface area contributed by atoms with Crippen molar-refractivity contribution in [3.63, 3.8) is 0 Å². The fraction of sp³-hybridized carbons (Fsp3) is 0.500. The van der Waals surface area contributed by atoms with Crippen molar-refractivity contribution in [2.75, 3.05) is 24.2 Å². The summed E-state index contributed by atoms with van der Waals surface area (Å²) in [6.45, 7) is 11.2. The Hall–Kier alpha value is -3.07. The molecule has 0 saturated heterocycles. The van der Waals surface area contributed by atoms with Gasteiger partial charge in [0.2, 0.25) is 15.9 Å². The highest BCUT2D eigenvalue weighted by Crippen LogP contribution is 2.30. The van der Waals surface area contributed by atoms with Gasteiger partial charge in [-0.15, -0.1) is 0 Å². The van der Waals surface area contributed by atoms with Crippen LogP contribution in [0.5, 0.6) is 5.75 Å². The molecule has 0 aliphatic rings. The van der Waals surface area contributed by atoms with Gasteiger partial charge in [0, 0.05) is 18.8 Å². The minimum atomic E-state index is -3.69. The molecule has 0 bridgehead atoms. The Bertz CT molecular complexity index is 1140. The lowest BCUT2D eigenvalue weighted by Gasteiger charge is -2.28. The van der Waals surface area contributed by atoms with Crippen molar-refractivity contribution in [2.45, 2.75) is 71.9 Å². The maximum atomic E-state index is 13.0. The molecule has 0 aromatic heterocycles. The van der Waals surface area contributed by atoms with Crippen molar-refractivity contribution < 1.29 is 22.7 Å². The Morgan fingerprint density at radius 3 is 2.19 bits per heavy atom. The third-order valence-corrected chi connectivity index (χ3v) is 6.64. The van der Waals surface area contributed by atoms with Crippen molar-refractivity contribution in [1.82, 2.24) is 10.0 Å². The Morgan fingerprint density at radius 1 is 1.00 bits per heavy atom. The first-order chi connectivity index (χ1) is 17.4. The SMILES string of the molecule is CCCCC(NC(=O)Cc1ccc(OC(C)(C)C(=O)NS(C)(=O)=O)cc1)c1ccccc1N(CC)CC. The van der Waals surface area contributed by atoms with E-state index in [2.05, 4.69) is 43.1 Å². The summed E-state index contributed by atoms with van der Waals surface area (Å²) in [6.07, 6.45) is 4.02. The van der Waals surface area contributed by atoms with Gasteiger partial charge in [0.25, 0.3) is 5.91 Å². The summed E-state index contributed by atoms with van der Waals surface area (Å²) >= 11 is 0. The summed E-state index contributed by atoms with van der Waals surface area (Å²) in [5, 5.41) is 3.24. The number of ether oxygens (including phenoxy) is 1. The van der Waals surface area contributed by atoms with E-state index >= 15 is 0 Å². The first kappa shape index (κ1) is 30.2. The minimum absolute atomic E-state index is 0.0722. The van der Waals surface area contributed by atoms with Gasteiger partial charge in [-0.1, -0.05) is 50.1 Å². The van der Waals surface area contributed by atoms with Crippen LogP contribution < -0.4 is 19.7 Å². The van der Waals surface area contributed by atoms with Crippen molar-refractivity contribution in [3.05, 3.63) is 59.7 Å². The predicted octanol–water partition coefficient (Wildman–Crippen LogP) is 4.36. The quantitative estimate of drug-likeness (QED) is 0.375. The summed E-state index contributed by atoms with van der Waals surface area (Å²) in [7, 11) is -3.69. The molecule has 2 aromatic carbocycles. The number of para-hydroxylation sites is 1. The molecule has 0 saturated carbocycles. The van der Waals surface area contributed by atoms with Crippen LogP contribution in [0.1, 0.15) is 71.0 Å². The second kappa shape index (κ2) is 13.5. The molecule has 2 N–H and O–H groups in total. The average molecular weight is 532 g/mol. The second-order valence-electron chi connectivity index (χ2n) is 9.63. The molecule has 37 heavy (non-hydrogen) atoms. The van der Waals surface area contributed by atoms with Crippen molar-refractivity contribution in [1.29, 1.82) is 0 Å².